The highest BCUT2D eigenvalue weighted by atomic mass is 16.5. The van der Waals surface area contributed by atoms with Crippen LogP contribution in [0.15, 0.2) is 24.3 Å². The molecule has 0 spiro atoms. The molecule has 2 unspecified atom stereocenters. The lowest BCUT2D eigenvalue weighted by Gasteiger charge is -2.20. The molecule has 0 bridgehead atoms. The number of nitrogens with one attached hydrogen (secondary N) is 1. The SMILES string of the molecule is CCCCCCCCCCCC/C=C/C(O)C(CO)NC(=O)CCCCCCCCC/C=C\CCCCCCCCCCCCCCOC(=O)CCCCCCCCCCCCCCCCCC. The maximum absolute atomic E-state index is 12.4. The predicted octanol–water partition coefficient (Wildman–Crippen LogP) is 19.0. The molecule has 0 fully saturated rings. The fourth-order valence-corrected chi connectivity index (χ4v) is 9.51. The first-order valence-corrected chi connectivity index (χ1v) is 30.6. The highest BCUT2D eigenvalue weighted by Gasteiger charge is 2.18. The first kappa shape index (κ1) is 66.3. The van der Waals surface area contributed by atoms with Gasteiger partial charge in [0.05, 0.1) is 25.4 Å². The van der Waals surface area contributed by atoms with Gasteiger partial charge in [0.25, 0.3) is 0 Å². The number of aliphatic hydroxyl groups excluding tert-OH is 2. The van der Waals surface area contributed by atoms with Gasteiger partial charge in [0, 0.05) is 12.8 Å². The number of rotatable bonds is 57. The van der Waals surface area contributed by atoms with Gasteiger partial charge in [-0.2, -0.15) is 0 Å². The van der Waals surface area contributed by atoms with Crippen LogP contribution >= 0.6 is 0 Å². The minimum Gasteiger partial charge on any atom is -0.466 e. The van der Waals surface area contributed by atoms with E-state index < -0.39 is 12.1 Å². The molecule has 6 heteroatoms. The third-order valence-corrected chi connectivity index (χ3v) is 14.2. The molecule has 6 nitrogen and oxygen atoms in total. The summed E-state index contributed by atoms with van der Waals surface area (Å²) in [7, 11) is 0. The number of esters is 1. The summed E-state index contributed by atoms with van der Waals surface area (Å²) in [5.41, 5.74) is 0. The van der Waals surface area contributed by atoms with Crippen LogP contribution in [0.5, 0.6) is 0 Å². The van der Waals surface area contributed by atoms with Crippen LogP contribution in [0.1, 0.15) is 335 Å². The van der Waals surface area contributed by atoms with Crippen LogP contribution in [0.25, 0.3) is 0 Å². The summed E-state index contributed by atoms with van der Waals surface area (Å²) in [6, 6.07) is -0.631. The maximum Gasteiger partial charge on any atom is 0.305 e. The second kappa shape index (κ2) is 57.9. The zero-order chi connectivity index (χ0) is 49.3. The number of carbonyl (C=O) groups excluding carboxylic acids is 2. The quantitative estimate of drug-likeness (QED) is 0.0321. The predicted molar refractivity (Wildman–Crippen MR) is 296 cm³/mol. The Morgan fingerprint density at radius 1 is 0.397 bits per heavy atom. The minimum atomic E-state index is -0.847. The fourth-order valence-electron chi connectivity index (χ4n) is 9.51. The Balaban J connectivity index is 3.40. The number of amides is 1. The van der Waals surface area contributed by atoms with Crippen LogP contribution in [-0.4, -0.2) is 47.4 Å². The zero-order valence-electron chi connectivity index (χ0n) is 45.9. The Morgan fingerprint density at radius 3 is 1.04 bits per heavy atom. The average molecular weight is 959 g/mol. The number of aliphatic hydroxyl groups is 2. The Bertz CT molecular complexity index is 1060. The van der Waals surface area contributed by atoms with Gasteiger partial charge in [-0.3, -0.25) is 9.59 Å². The molecule has 0 aliphatic heterocycles. The average Bonchev–Trinajstić information content (AvgIpc) is 3.34. The highest BCUT2D eigenvalue weighted by Crippen LogP contribution is 2.17. The van der Waals surface area contributed by atoms with E-state index in [1.54, 1.807) is 6.08 Å². The first-order chi connectivity index (χ1) is 33.5. The summed E-state index contributed by atoms with van der Waals surface area (Å²) >= 11 is 0. The van der Waals surface area contributed by atoms with E-state index in [0.29, 0.717) is 19.4 Å². The lowest BCUT2D eigenvalue weighted by atomic mass is 10.0. The van der Waals surface area contributed by atoms with E-state index in [0.717, 1.165) is 44.9 Å². The van der Waals surface area contributed by atoms with E-state index >= 15 is 0 Å². The summed E-state index contributed by atoms with van der Waals surface area (Å²) < 4.78 is 5.49. The van der Waals surface area contributed by atoms with Gasteiger partial charge in [-0.15, -0.1) is 0 Å². The number of carbonyl (C=O) groups is 2. The Kier molecular flexibility index (Phi) is 56.5. The Hall–Kier alpha value is -1.66. The van der Waals surface area contributed by atoms with Gasteiger partial charge in [-0.25, -0.2) is 0 Å². The number of allylic oxidation sites excluding steroid dienone is 3. The molecule has 68 heavy (non-hydrogen) atoms. The van der Waals surface area contributed by atoms with Gasteiger partial charge < -0.3 is 20.3 Å². The van der Waals surface area contributed by atoms with Crippen molar-refractivity contribution in [2.75, 3.05) is 13.2 Å². The monoisotopic (exact) mass is 958 g/mol. The van der Waals surface area contributed by atoms with Crippen LogP contribution in [-0.2, 0) is 14.3 Å². The molecule has 2 atom stereocenters. The summed E-state index contributed by atoms with van der Waals surface area (Å²) in [6.07, 6.45) is 70.8. The molecular weight excluding hydrogens is 839 g/mol. The van der Waals surface area contributed by atoms with Crippen molar-refractivity contribution in [1.82, 2.24) is 5.32 Å². The van der Waals surface area contributed by atoms with Gasteiger partial charge in [0.1, 0.15) is 0 Å². The fraction of sp³-hybridized carbons (Fsp3) is 0.903. The van der Waals surface area contributed by atoms with E-state index in [1.165, 1.54) is 263 Å². The molecule has 1 amide bonds. The van der Waals surface area contributed by atoms with Crippen LogP contribution in [0.4, 0.5) is 0 Å². The van der Waals surface area contributed by atoms with Crippen molar-refractivity contribution in [3.8, 4) is 0 Å². The molecule has 402 valence electrons. The lowest BCUT2D eigenvalue weighted by Crippen LogP contribution is -2.45. The number of hydrogen-bond acceptors (Lipinski definition) is 5. The molecular formula is C62H119NO5. The number of ether oxygens (including phenoxy) is 1. The maximum atomic E-state index is 12.4. The number of unbranched alkanes of at least 4 members (excludes halogenated alkanes) is 44. The molecule has 0 saturated carbocycles. The van der Waals surface area contributed by atoms with Crippen molar-refractivity contribution < 1.29 is 24.5 Å². The molecule has 0 rings (SSSR count). The summed E-state index contributed by atoms with van der Waals surface area (Å²) in [5, 5.41) is 23.0. The molecule has 0 radical (unpaired) electrons. The van der Waals surface area contributed by atoms with Gasteiger partial charge in [0.2, 0.25) is 5.91 Å². The van der Waals surface area contributed by atoms with Crippen molar-refractivity contribution in [3.63, 3.8) is 0 Å². The van der Waals surface area contributed by atoms with Gasteiger partial charge in [0.15, 0.2) is 0 Å². The van der Waals surface area contributed by atoms with Crippen LogP contribution < -0.4 is 5.32 Å². The molecule has 0 aromatic carbocycles. The topological polar surface area (TPSA) is 95.9 Å². The summed E-state index contributed by atoms with van der Waals surface area (Å²) in [5.74, 6) is -0.0596. The van der Waals surface area contributed by atoms with Crippen molar-refractivity contribution >= 4 is 11.9 Å². The number of hydrogen-bond donors (Lipinski definition) is 3. The minimum absolute atomic E-state index is 0.0146. The van der Waals surface area contributed by atoms with Crippen LogP contribution in [0.2, 0.25) is 0 Å². The Labute approximate surface area is 424 Å². The normalized spacial score (nSPS) is 12.7. The molecule has 0 heterocycles. The van der Waals surface area contributed by atoms with E-state index in [1.807, 2.05) is 6.08 Å². The van der Waals surface area contributed by atoms with Crippen molar-refractivity contribution in [3.05, 3.63) is 24.3 Å². The van der Waals surface area contributed by atoms with E-state index in [4.69, 9.17) is 4.74 Å². The Morgan fingerprint density at radius 2 is 0.691 bits per heavy atom. The molecule has 0 aromatic rings. The summed E-state index contributed by atoms with van der Waals surface area (Å²) in [6.45, 7) is 4.91. The van der Waals surface area contributed by atoms with E-state index in [2.05, 4.69) is 31.3 Å². The third-order valence-electron chi connectivity index (χ3n) is 14.2. The van der Waals surface area contributed by atoms with Crippen molar-refractivity contribution in [2.24, 2.45) is 0 Å². The van der Waals surface area contributed by atoms with Crippen molar-refractivity contribution in [1.29, 1.82) is 0 Å². The van der Waals surface area contributed by atoms with E-state index in [9.17, 15) is 19.8 Å². The molecule has 0 aromatic heterocycles. The van der Waals surface area contributed by atoms with Crippen LogP contribution in [0, 0.1) is 0 Å². The standard InChI is InChI=1S/C62H119NO5/c1-3-5-7-9-11-13-15-17-18-29-32-36-40-44-48-52-56-62(67)68-57-53-49-45-41-37-33-30-27-25-23-21-19-20-22-24-26-28-31-35-39-43-47-51-55-61(66)63-59(58-64)60(65)54-50-46-42-38-34-16-14-12-10-8-6-4-2/h22,24,50,54,59-60,64-65H,3-21,23,25-49,51-53,55-58H2,1-2H3,(H,63,66)/b24-22-,54-50+. The van der Waals surface area contributed by atoms with Gasteiger partial charge in [-0.1, -0.05) is 289 Å². The van der Waals surface area contributed by atoms with Crippen molar-refractivity contribution in [2.45, 2.75) is 347 Å². The van der Waals surface area contributed by atoms with Gasteiger partial charge in [-0.05, 0) is 57.8 Å². The third kappa shape index (κ3) is 53.7. The lowest BCUT2D eigenvalue weighted by molar-refractivity contribution is -0.143. The first-order valence-electron chi connectivity index (χ1n) is 30.6. The molecule has 0 aliphatic carbocycles. The smallest absolute Gasteiger partial charge is 0.305 e. The second-order valence-corrected chi connectivity index (χ2v) is 21.0. The zero-order valence-corrected chi connectivity index (χ0v) is 45.9. The van der Waals surface area contributed by atoms with E-state index in [-0.39, 0.29) is 18.5 Å². The second-order valence-electron chi connectivity index (χ2n) is 21.0. The van der Waals surface area contributed by atoms with Gasteiger partial charge >= 0.3 is 5.97 Å². The summed E-state index contributed by atoms with van der Waals surface area (Å²) in [4.78, 5) is 24.5. The molecule has 0 aliphatic rings. The largest absolute Gasteiger partial charge is 0.466 e. The molecule has 3 N–H and O–H groups in total. The highest BCUT2D eigenvalue weighted by molar-refractivity contribution is 5.76. The van der Waals surface area contributed by atoms with Crippen LogP contribution in [0.3, 0.4) is 0 Å². The molecule has 0 saturated heterocycles.